The Kier molecular flexibility index (Phi) is 3.91. The van der Waals surface area contributed by atoms with Crippen molar-refractivity contribution in [2.24, 2.45) is 5.41 Å². The predicted octanol–water partition coefficient (Wildman–Crippen LogP) is 0.249. The number of carboxylic acids is 1. The number of quaternary nitrogens is 1. The number of likely N-dealkylation sites (N-methyl/N-ethyl adjacent to an activating group) is 1. The minimum absolute atomic E-state index is 0.0933. The van der Waals surface area contributed by atoms with E-state index in [2.05, 4.69) is 20.8 Å². The fourth-order valence-corrected chi connectivity index (χ4v) is 1.07. The molecule has 0 saturated heterocycles. The monoisotopic (exact) mass is 187 g/mol. The maximum absolute atomic E-state index is 10.4. The van der Waals surface area contributed by atoms with Crippen molar-refractivity contribution >= 4 is 5.97 Å². The number of rotatable bonds is 4. The predicted molar refractivity (Wildman–Crippen MR) is 50.9 cm³/mol. The normalized spacial score (nSPS) is 13.0. The van der Waals surface area contributed by atoms with Crippen LogP contribution in [0.5, 0.6) is 0 Å². The first-order chi connectivity index (χ1) is 5.62. The summed E-state index contributed by atoms with van der Waals surface area (Å²) in [5.41, 5.74) is 0.265. The second-order valence-corrected chi connectivity index (χ2v) is 5.50. The van der Waals surface area contributed by atoms with E-state index in [4.69, 9.17) is 0 Å². The lowest BCUT2D eigenvalue weighted by Gasteiger charge is -2.32. The number of carbonyl (C=O) groups is 1. The van der Waals surface area contributed by atoms with Crippen molar-refractivity contribution in [2.75, 3.05) is 27.2 Å². The number of carbonyl (C=O) groups excluding carboxylic acids is 1. The number of nitrogens with zero attached hydrogens (tertiary/aromatic N) is 1. The molecule has 3 nitrogen and oxygen atoms in total. The SMILES string of the molecule is CC(C)(C)CC[N+](C)(C)CC(=O)[O-]. The van der Waals surface area contributed by atoms with Crippen LogP contribution in [0.15, 0.2) is 0 Å². The van der Waals surface area contributed by atoms with Gasteiger partial charge in [0.1, 0.15) is 6.54 Å². The molecule has 0 aliphatic carbocycles. The fraction of sp³-hybridized carbons (Fsp3) is 0.900. The Hall–Kier alpha value is -0.570. The van der Waals surface area contributed by atoms with E-state index >= 15 is 0 Å². The van der Waals surface area contributed by atoms with Gasteiger partial charge in [-0.1, -0.05) is 20.8 Å². The zero-order valence-corrected chi connectivity index (χ0v) is 9.39. The summed E-state index contributed by atoms with van der Waals surface area (Å²) in [5, 5.41) is 10.4. The maximum atomic E-state index is 10.4. The van der Waals surface area contributed by atoms with Crippen LogP contribution in [0.25, 0.3) is 0 Å². The molecule has 0 bridgehead atoms. The summed E-state index contributed by atoms with van der Waals surface area (Å²) in [6, 6.07) is 0. The molecule has 0 fully saturated rings. The molecule has 78 valence electrons. The maximum Gasteiger partial charge on any atom is 0.119 e. The number of hydrogen-bond donors (Lipinski definition) is 0. The lowest BCUT2D eigenvalue weighted by atomic mass is 9.92. The molecule has 0 atom stereocenters. The smallest absolute Gasteiger partial charge is 0.119 e. The van der Waals surface area contributed by atoms with Gasteiger partial charge in [0, 0.05) is 6.42 Å². The topological polar surface area (TPSA) is 40.1 Å². The molecular weight excluding hydrogens is 166 g/mol. The van der Waals surface area contributed by atoms with Crippen LogP contribution < -0.4 is 5.11 Å². The van der Waals surface area contributed by atoms with Gasteiger partial charge in [-0.2, -0.15) is 0 Å². The van der Waals surface area contributed by atoms with Crippen LogP contribution in [0.1, 0.15) is 27.2 Å². The van der Waals surface area contributed by atoms with Crippen LogP contribution in [0.2, 0.25) is 0 Å². The minimum Gasteiger partial charge on any atom is -0.544 e. The molecule has 0 aromatic heterocycles. The first-order valence-corrected chi connectivity index (χ1v) is 4.64. The van der Waals surface area contributed by atoms with Gasteiger partial charge in [0.2, 0.25) is 0 Å². The van der Waals surface area contributed by atoms with Crippen molar-refractivity contribution in [3.63, 3.8) is 0 Å². The van der Waals surface area contributed by atoms with Crippen molar-refractivity contribution in [3.8, 4) is 0 Å². The average Bonchev–Trinajstić information content (AvgIpc) is 1.79. The molecule has 0 aromatic carbocycles. The summed E-state index contributed by atoms with van der Waals surface area (Å²) in [6.07, 6.45) is 1.02. The van der Waals surface area contributed by atoms with E-state index in [9.17, 15) is 9.90 Å². The molecule has 0 heterocycles. The van der Waals surface area contributed by atoms with Crippen LogP contribution in [0, 0.1) is 5.41 Å². The molecule has 0 spiro atoms. The average molecular weight is 187 g/mol. The molecule has 0 unspecified atom stereocenters. The van der Waals surface area contributed by atoms with E-state index in [0.717, 1.165) is 13.0 Å². The molecule has 0 aliphatic rings. The lowest BCUT2D eigenvalue weighted by Crippen LogP contribution is -2.49. The summed E-state index contributed by atoms with van der Waals surface area (Å²) < 4.78 is 0.500. The summed E-state index contributed by atoms with van der Waals surface area (Å²) in [7, 11) is 3.84. The highest BCUT2D eigenvalue weighted by molar-refractivity contribution is 5.65. The van der Waals surface area contributed by atoms with Gasteiger partial charge >= 0.3 is 0 Å². The van der Waals surface area contributed by atoms with Gasteiger partial charge < -0.3 is 14.4 Å². The third-order valence-electron chi connectivity index (χ3n) is 2.02. The molecule has 13 heavy (non-hydrogen) atoms. The van der Waals surface area contributed by atoms with Crippen molar-refractivity contribution in [1.29, 1.82) is 0 Å². The highest BCUT2D eigenvalue weighted by atomic mass is 16.4. The zero-order chi connectivity index (χ0) is 10.7. The second kappa shape index (κ2) is 4.09. The molecular formula is C10H21NO2. The van der Waals surface area contributed by atoms with Gasteiger partial charge in [0.05, 0.1) is 26.6 Å². The summed E-state index contributed by atoms with van der Waals surface area (Å²) in [4.78, 5) is 10.4. The van der Waals surface area contributed by atoms with Gasteiger partial charge in [0.15, 0.2) is 0 Å². The molecule has 0 saturated carbocycles. The minimum atomic E-state index is -0.973. The van der Waals surface area contributed by atoms with Crippen molar-refractivity contribution in [3.05, 3.63) is 0 Å². The summed E-state index contributed by atoms with van der Waals surface area (Å²) in [6.45, 7) is 7.44. The molecule has 0 rings (SSSR count). The first-order valence-electron chi connectivity index (χ1n) is 4.64. The lowest BCUT2D eigenvalue weighted by molar-refractivity contribution is -0.885. The molecule has 0 radical (unpaired) electrons. The van der Waals surface area contributed by atoms with E-state index < -0.39 is 5.97 Å². The zero-order valence-electron chi connectivity index (χ0n) is 9.39. The van der Waals surface area contributed by atoms with Crippen LogP contribution in [0.4, 0.5) is 0 Å². The Labute approximate surface area is 80.9 Å². The van der Waals surface area contributed by atoms with Gasteiger partial charge in [-0.15, -0.1) is 0 Å². The third-order valence-corrected chi connectivity index (χ3v) is 2.02. The number of carboxylic acid groups (broad SMARTS) is 1. The number of aliphatic carboxylic acids is 1. The standard InChI is InChI=1S/C10H21NO2/c1-10(2,3)6-7-11(4,5)8-9(12)13/h6-8H2,1-5H3. The molecule has 0 aliphatic heterocycles. The van der Waals surface area contributed by atoms with E-state index in [0.29, 0.717) is 4.48 Å². The second-order valence-electron chi connectivity index (χ2n) is 5.50. The summed E-state index contributed by atoms with van der Waals surface area (Å²) >= 11 is 0. The van der Waals surface area contributed by atoms with Crippen LogP contribution in [-0.4, -0.2) is 37.6 Å². The number of hydrogen-bond acceptors (Lipinski definition) is 2. The van der Waals surface area contributed by atoms with Crippen LogP contribution >= 0.6 is 0 Å². The van der Waals surface area contributed by atoms with Crippen LogP contribution in [-0.2, 0) is 4.79 Å². The van der Waals surface area contributed by atoms with E-state index in [-0.39, 0.29) is 12.0 Å². The van der Waals surface area contributed by atoms with E-state index in [1.165, 1.54) is 0 Å². The van der Waals surface area contributed by atoms with Gasteiger partial charge in [-0.3, -0.25) is 0 Å². The van der Waals surface area contributed by atoms with Crippen molar-refractivity contribution in [1.82, 2.24) is 0 Å². The molecule has 0 N–H and O–H groups in total. The Balaban J connectivity index is 3.96. The van der Waals surface area contributed by atoms with Crippen molar-refractivity contribution in [2.45, 2.75) is 27.2 Å². The Morgan fingerprint density at radius 2 is 1.77 bits per heavy atom. The quantitative estimate of drug-likeness (QED) is 0.592. The molecule has 0 amide bonds. The fourth-order valence-electron chi connectivity index (χ4n) is 1.07. The summed E-state index contributed by atoms with van der Waals surface area (Å²) in [5.74, 6) is -0.973. The molecule has 3 heteroatoms. The van der Waals surface area contributed by atoms with Crippen LogP contribution in [0.3, 0.4) is 0 Å². The van der Waals surface area contributed by atoms with Gasteiger partial charge in [0.25, 0.3) is 0 Å². The Morgan fingerprint density at radius 3 is 2.08 bits per heavy atom. The highest BCUT2D eigenvalue weighted by Crippen LogP contribution is 2.19. The van der Waals surface area contributed by atoms with Crippen molar-refractivity contribution < 1.29 is 14.4 Å². The first kappa shape index (κ1) is 12.4. The Bertz CT molecular complexity index is 180. The Morgan fingerprint density at radius 1 is 1.31 bits per heavy atom. The van der Waals surface area contributed by atoms with E-state index in [1.807, 2.05) is 14.1 Å². The van der Waals surface area contributed by atoms with E-state index in [1.54, 1.807) is 0 Å². The highest BCUT2D eigenvalue weighted by Gasteiger charge is 2.19. The molecule has 0 aromatic rings. The van der Waals surface area contributed by atoms with Gasteiger partial charge in [-0.25, -0.2) is 0 Å². The third kappa shape index (κ3) is 7.78. The largest absolute Gasteiger partial charge is 0.544 e. The van der Waals surface area contributed by atoms with Gasteiger partial charge in [-0.05, 0) is 5.41 Å².